The molecule has 18 heavy (non-hydrogen) atoms. The monoisotopic (exact) mass is 249 g/mol. The SMILES string of the molecule is CCCC(CCO)CNC(=O)Cc1ccccc1. The summed E-state index contributed by atoms with van der Waals surface area (Å²) in [7, 11) is 0. The maximum absolute atomic E-state index is 11.8. The molecule has 1 atom stereocenters. The molecule has 0 aromatic heterocycles. The highest BCUT2D eigenvalue weighted by molar-refractivity contribution is 5.78. The molecule has 3 nitrogen and oxygen atoms in total. The number of benzene rings is 1. The second-order valence-corrected chi connectivity index (χ2v) is 4.63. The van der Waals surface area contributed by atoms with Crippen molar-refractivity contribution in [1.82, 2.24) is 5.32 Å². The van der Waals surface area contributed by atoms with Gasteiger partial charge < -0.3 is 10.4 Å². The van der Waals surface area contributed by atoms with Crippen LogP contribution in [0.4, 0.5) is 0 Å². The molecular formula is C15H23NO2. The Morgan fingerprint density at radius 1 is 1.28 bits per heavy atom. The van der Waals surface area contributed by atoms with Crippen LogP contribution in [0.3, 0.4) is 0 Å². The van der Waals surface area contributed by atoms with E-state index in [4.69, 9.17) is 5.11 Å². The van der Waals surface area contributed by atoms with E-state index in [2.05, 4.69) is 12.2 Å². The lowest BCUT2D eigenvalue weighted by Gasteiger charge is -2.15. The summed E-state index contributed by atoms with van der Waals surface area (Å²) in [4.78, 5) is 11.8. The van der Waals surface area contributed by atoms with Gasteiger partial charge in [0.2, 0.25) is 5.91 Å². The third-order valence-electron chi connectivity index (χ3n) is 3.03. The highest BCUT2D eigenvalue weighted by Crippen LogP contribution is 2.09. The first-order valence-electron chi connectivity index (χ1n) is 6.67. The van der Waals surface area contributed by atoms with Crippen LogP contribution in [0.5, 0.6) is 0 Å². The summed E-state index contributed by atoms with van der Waals surface area (Å²) in [6, 6.07) is 9.73. The molecular weight excluding hydrogens is 226 g/mol. The highest BCUT2D eigenvalue weighted by atomic mass is 16.3. The molecule has 3 heteroatoms. The Hall–Kier alpha value is -1.35. The summed E-state index contributed by atoms with van der Waals surface area (Å²) < 4.78 is 0. The zero-order valence-corrected chi connectivity index (χ0v) is 11.1. The maximum atomic E-state index is 11.8. The number of nitrogens with one attached hydrogen (secondary N) is 1. The zero-order valence-electron chi connectivity index (χ0n) is 11.1. The number of amides is 1. The number of hydrogen-bond acceptors (Lipinski definition) is 2. The number of aliphatic hydroxyl groups is 1. The van der Waals surface area contributed by atoms with Crippen molar-refractivity contribution < 1.29 is 9.90 Å². The van der Waals surface area contributed by atoms with Crippen molar-refractivity contribution in [2.45, 2.75) is 32.6 Å². The summed E-state index contributed by atoms with van der Waals surface area (Å²) in [5.41, 5.74) is 1.03. The van der Waals surface area contributed by atoms with Crippen molar-refractivity contribution in [3.63, 3.8) is 0 Å². The van der Waals surface area contributed by atoms with E-state index in [1.165, 1.54) is 0 Å². The molecule has 0 spiro atoms. The van der Waals surface area contributed by atoms with E-state index in [0.29, 0.717) is 18.9 Å². The summed E-state index contributed by atoms with van der Waals surface area (Å²) >= 11 is 0. The van der Waals surface area contributed by atoms with Gasteiger partial charge in [-0.2, -0.15) is 0 Å². The third kappa shape index (κ3) is 5.82. The van der Waals surface area contributed by atoms with Crippen LogP contribution < -0.4 is 5.32 Å². The predicted octanol–water partition coefficient (Wildman–Crippen LogP) is 2.14. The molecule has 0 bridgehead atoms. The minimum atomic E-state index is 0.0558. The molecule has 1 aromatic rings. The molecule has 1 rings (SSSR count). The van der Waals surface area contributed by atoms with Gasteiger partial charge in [-0.3, -0.25) is 4.79 Å². The molecule has 0 radical (unpaired) electrons. The minimum Gasteiger partial charge on any atom is -0.396 e. The van der Waals surface area contributed by atoms with E-state index < -0.39 is 0 Å². The zero-order chi connectivity index (χ0) is 13.2. The number of rotatable bonds is 8. The van der Waals surface area contributed by atoms with E-state index in [9.17, 15) is 4.79 Å². The van der Waals surface area contributed by atoms with Gasteiger partial charge in [0.15, 0.2) is 0 Å². The number of carbonyl (C=O) groups is 1. The Bertz CT molecular complexity index is 332. The summed E-state index contributed by atoms with van der Waals surface area (Å²) in [6.07, 6.45) is 3.32. The van der Waals surface area contributed by atoms with E-state index in [0.717, 1.165) is 24.8 Å². The van der Waals surface area contributed by atoms with Gasteiger partial charge in [-0.05, 0) is 24.3 Å². The Labute approximate surface area is 109 Å². The molecule has 1 amide bonds. The summed E-state index contributed by atoms with van der Waals surface area (Å²) in [6.45, 7) is 2.98. The maximum Gasteiger partial charge on any atom is 0.224 e. The minimum absolute atomic E-state index is 0.0558. The summed E-state index contributed by atoms with van der Waals surface area (Å²) in [5.74, 6) is 0.444. The van der Waals surface area contributed by atoms with Crippen molar-refractivity contribution in [2.75, 3.05) is 13.2 Å². The molecule has 0 aliphatic rings. The molecule has 0 aliphatic heterocycles. The Balaban J connectivity index is 2.31. The van der Waals surface area contributed by atoms with Gasteiger partial charge in [-0.15, -0.1) is 0 Å². The number of hydrogen-bond donors (Lipinski definition) is 2. The fourth-order valence-electron chi connectivity index (χ4n) is 2.04. The lowest BCUT2D eigenvalue weighted by molar-refractivity contribution is -0.120. The second kappa shape index (κ2) is 8.70. The van der Waals surface area contributed by atoms with Crippen LogP contribution in [0.1, 0.15) is 31.7 Å². The second-order valence-electron chi connectivity index (χ2n) is 4.63. The van der Waals surface area contributed by atoms with Crippen LogP contribution >= 0.6 is 0 Å². The van der Waals surface area contributed by atoms with Crippen LogP contribution in [0.25, 0.3) is 0 Å². The van der Waals surface area contributed by atoms with Gasteiger partial charge in [0, 0.05) is 13.2 Å². The highest BCUT2D eigenvalue weighted by Gasteiger charge is 2.09. The Morgan fingerprint density at radius 2 is 2.00 bits per heavy atom. The van der Waals surface area contributed by atoms with Crippen LogP contribution in [-0.2, 0) is 11.2 Å². The third-order valence-corrected chi connectivity index (χ3v) is 3.03. The van der Waals surface area contributed by atoms with Gasteiger partial charge in [-0.25, -0.2) is 0 Å². The van der Waals surface area contributed by atoms with Crippen LogP contribution in [0, 0.1) is 5.92 Å². The lowest BCUT2D eigenvalue weighted by atomic mass is 10.00. The topological polar surface area (TPSA) is 49.3 Å². The van der Waals surface area contributed by atoms with Crippen molar-refractivity contribution in [3.8, 4) is 0 Å². The van der Waals surface area contributed by atoms with Gasteiger partial charge in [0.25, 0.3) is 0 Å². The first kappa shape index (κ1) is 14.7. The predicted molar refractivity (Wildman–Crippen MR) is 73.3 cm³/mol. The van der Waals surface area contributed by atoms with Gasteiger partial charge in [0.05, 0.1) is 6.42 Å². The van der Waals surface area contributed by atoms with Crippen molar-refractivity contribution >= 4 is 5.91 Å². The van der Waals surface area contributed by atoms with E-state index in [-0.39, 0.29) is 12.5 Å². The Kier molecular flexibility index (Phi) is 7.11. The van der Waals surface area contributed by atoms with Gasteiger partial charge in [0.1, 0.15) is 0 Å². The largest absolute Gasteiger partial charge is 0.396 e. The fourth-order valence-corrected chi connectivity index (χ4v) is 2.04. The van der Waals surface area contributed by atoms with Crippen LogP contribution in [0.15, 0.2) is 30.3 Å². The van der Waals surface area contributed by atoms with E-state index in [1.54, 1.807) is 0 Å². The molecule has 1 unspecified atom stereocenters. The molecule has 0 aliphatic carbocycles. The molecule has 0 saturated heterocycles. The first-order valence-corrected chi connectivity index (χ1v) is 6.67. The average molecular weight is 249 g/mol. The van der Waals surface area contributed by atoms with Gasteiger partial charge in [-0.1, -0.05) is 43.7 Å². The normalized spacial score (nSPS) is 12.1. The van der Waals surface area contributed by atoms with E-state index in [1.807, 2.05) is 30.3 Å². The number of aliphatic hydroxyl groups excluding tert-OH is 1. The number of carbonyl (C=O) groups excluding carboxylic acids is 1. The van der Waals surface area contributed by atoms with Crippen molar-refractivity contribution in [2.24, 2.45) is 5.92 Å². The molecule has 0 saturated carbocycles. The quantitative estimate of drug-likeness (QED) is 0.741. The molecule has 2 N–H and O–H groups in total. The lowest BCUT2D eigenvalue weighted by Crippen LogP contribution is -2.30. The van der Waals surface area contributed by atoms with Crippen LogP contribution in [-0.4, -0.2) is 24.2 Å². The van der Waals surface area contributed by atoms with Gasteiger partial charge >= 0.3 is 0 Å². The fraction of sp³-hybridized carbons (Fsp3) is 0.533. The van der Waals surface area contributed by atoms with Crippen molar-refractivity contribution in [1.29, 1.82) is 0 Å². The standard InChI is InChI=1S/C15H23NO2/c1-2-6-14(9-10-17)12-16-15(18)11-13-7-4-3-5-8-13/h3-5,7-8,14,17H,2,6,9-12H2,1H3,(H,16,18). The van der Waals surface area contributed by atoms with Crippen molar-refractivity contribution in [3.05, 3.63) is 35.9 Å². The first-order chi connectivity index (χ1) is 8.76. The summed E-state index contributed by atoms with van der Waals surface area (Å²) in [5, 5.41) is 11.9. The van der Waals surface area contributed by atoms with Crippen LogP contribution in [0.2, 0.25) is 0 Å². The Morgan fingerprint density at radius 3 is 2.61 bits per heavy atom. The molecule has 1 aromatic carbocycles. The van der Waals surface area contributed by atoms with E-state index >= 15 is 0 Å². The molecule has 0 fully saturated rings. The average Bonchev–Trinajstić information content (AvgIpc) is 2.38. The smallest absolute Gasteiger partial charge is 0.224 e. The molecule has 0 heterocycles. The molecule has 100 valence electrons.